The Labute approximate surface area is 110 Å². The van der Waals surface area contributed by atoms with Crippen LogP contribution in [0, 0.1) is 5.82 Å². The Morgan fingerprint density at radius 1 is 1.42 bits per heavy atom. The van der Waals surface area contributed by atoms with Gasteiger partial charge in [0, 0.05) is 12.6 Å². The van der Waals surface area contributed by atoms with Gasteiger partial charge in [0.2, 0.25) is 0 Å². The van der Waals surface area contributed by atoms with Crippen molar-refractivity contribution in [3.8, 4) is 5.75 Å². The smallest absolute Gasteiger partial charge is 0.257 e. The van der Waals surface area contributed by atoms with Gasteiger partial charge in [0.25, 0.3) is 5.91 Å². The maximum Gasteiger partial charge on any atom is 0.257 e. The monoisotopic (exact) mass is 265 g/mol. The van der Waals surface area contributed by atoms with Crippen molar-refractivity contribution in [2.24, 2.45) is 0 Å². The van der Waals surface area contributed by atoms with Crippen molar-refractivity contribution in [1.29, 1.82) is 0 Å². The van der Waals surface area contributed by atoms with Crippen LogP contribution < -0.4 is 0 Å². The number of hydrogen-bond acceptors (Lipinski definition) is 3. The minimum Gasteiger partial charge on any atom is -0.508 e. The van der Waals surface area contributed by atoms with Crippen LogP contribution in [0.1, 0.15) is 29.6 Å². The average molecular weight is 265 g/mol. The highest BCUT2D eigenvalue weighted by Gasteiger charge is 2.39. The molecule has 102 valence electrons. The molecule has 0 bridgehead atoms. The van der Waals surface area contributed by atoms with E-state index < -0.39 is 5.82 Å². The van der Waals surface area contributed by atoms with E-state index in [1.807, 2.05) is 0 Å². The Morgan fingerprint density at radius 2 is 2.26 bits per heavy atom. The number of phenolic OH excluding ortho intramolecular Hbond substituents is 1. The lowest BCUT2D eigenvalue weighted by molar-refractivity contribution is -0.0446. The Balaban J connectivity index is 1.86. The van der Waals surface area contributed by atoms with Gasteiger partial charge in [-0.25, -0.2) is 4.39 Å². The molecule has 5 heteroatoms. The fourth-order valence-corrected chi connectivity index (χ4v) is 3.01. The van der Waals surface area contributed by atoms with Crippen molar-refractivity contribution in [3.05, 3.63) is 29.6 Å². The molecule has 1 amide bonds. The number of hydrogen-bond donors (Lipinski definition) is 1. The Kier molecular flexibility index (Phi) is 3.14. The first-order valence-electron chi connectivity index (χ1n) is 6.58. The summed E-state index contributed by atoms with van der Waals surface area (Å²) >= 11 is 0. The number of rotatable bonds is 1. The summed E-state index contributed by atoms with van der Waals surface area (Å²) in [5.41, 5.74) is 0.0188. The second-order valence-corrected chi connectivity index (χ2v) is 5.07. The molecule has 1 aliphatic carbocycles. The van der Waals surface area contributed by atoms with Crippen molar-refractivity contribution < 1.29 is 19.0 Å². The highest BCUT2D eigenvalue weighted by atomic mass is 19.1. The lowest BCUT2D eigenvalue weighted by Gasteiger charge is -2.37. The molecule has 2 fully saturated rings. The van der Waals surface area contributed by atoms with Crippen LogP contribution in [-0.4, -0.2) is 41.2 Å². The van der Waals surface area contributed by atoms with Crippen molar-refractivity contribution in [2.45, 2.75) is 31.4 Å². The minimum absolute atomic E-state index is 0.0188. The maximum absolute atomic E-state index is 13.8. The summed E-state index contributed by atoms with van der Waals surface area (Å²) in [6.45, 7) is 1.01. The van der Waals surface area contributed by atoms with E-state index in [-0.39, 0.29) is 29.4 Å². The number of ether oxygens (including phenoxy) is 1. The van der Waals surface area contributed by atoms with E-state index in [2.05, 4.69) is 0 Å². The van der Waals surface area contributed by atoms with Crippen LogP contribution in [0.5, 0.6) is 5.75 Å². The summed E-state index contributed by atoms with van der Waals surface area (Å²) in [6, 6.07) is 3.71. The summed E-state index contributed by atoms with van der Waals surface area (Å²) in [6.07, 6.45) is 3.01. The summed E-state index contributed by atoms with van der Waals surface area (Å²) < 4.78 is 19.4. The van der Waals surface area contributed by atoms with E-state index in [9.17, 15) is 14.3 Å². The fourth-order valence-electron chi connectivity index (χ4n) is 3.01. The fraction of sp³-hybridized carbons (Fsp3) is 0.500. The van der Waals surface area contributed by atoms with Gasteiger partial charge >= 0.3 is 0 Å². The number of carbonyl (C=O) groups excluding carboxylic acids is 1. The van der Waals surface area contributed by atoms with Gasteiger partial charge in [-0.15, -0.1) is 0 Å². The van der Waals surface area contributed by atoms with Gasteiger partial charge < -0.3 is 14.7 Å². The SMILES string of the molecule is O=C(c1ccc(O)cc1F)N1CCOC2CCCC21. The predicted molar refractivity (Wildman–Crippen MR) is 66.5 cm³/mol. The number of nitrogens with zero attached hydrogens (tertiary/aromatic N) is 1. The zero-order valence-electron chi connectivity index (χ0n) is 10.5. The molecule has 0 radical (unpaired) electrons. The number of phenols is 1. The summed E-state index contributed by atoms with van der Waals surface area (Å²) in [5, 5.41) is 9.19. The van der Waals surface area contributed by atoms with E-state index in [0.29, 0.717) is 13.2 Å². The van der Waals surface area contributed by atoms with Gasteiger partial charge in [-0.05, 0) is 31.4 Å². The first-order chi connectivity index (χ1) is 9.16. The molecule has 1 heterocycles. The molecule has 2 aliphatic rings. The molecule has 0 spiro atoms. The van der Waals surface area contributed by atoms with Crippen molar-refractivity contribution in [1.82, 2.24) is 4.90 Å². The zero-order chi connectivity index (χ0) is 13.4. The van der Waals surface area contributed by atoms with Crippen LogP contribution in [0.25, 0.3) is 0 Å². The van der Waals surface area contributed by atoms with E-state index in [1.165, 1.54) is 12.1 Å². The molecular formula is C14H16FNO3. The quantitative estimate of drug-likeness (QED) is 0.844. The number of morpholine rings is 1. The van der Waals surface area contributed by atoms with Gasteiger partial charge in [-0.3, -0.25) is 4.79 Å². The molecule has 1 saturated carbocycles. The molecule has 1 saturated heterocycles. The summed E-state index contributed by atoms with van der Waals surface area (Å²) in [5.74, 6) is -1.15. The van der Waals surface area contributed by atoms with Crippen molar-refractivity contribution in [3.63, 3.8) is 0 Å². The molecule has 2 unspecified atom stereocenters. The average Bonchev–Trinajstić information content (AvgIpc) is 2.86. The molecule has 3 rings (SSSR count). The van der Waals surface area contributed by atoms with E-state index >= 15 is 0 Å². The minimum atomic E-state index is -0.675. The molecule has 19 heavy (non-hydrogen) atoms. The topological polar surface area (TPSA) is 49.8 Å². The van der Waals surface area contributed by atoms with Gasteiger partial charge in [0.1, 0.15) is 11.6 Å². The van der Waals surface area contributed by atoms with E-state index in [4.69, 9.17) is 4.74 Å². The Hall–Kier alpha value is -1.62. The standard InChI is InChI=1S/C14H16FNO3/c15-11-8-9(17)4-5-10(11)14(18)16-6-7-19-13-3-1-2-12(13)16/h4-5,8,12-13,17H,1-3,6-7H2. The van der Waals surface area contributed by atoms with Gasteiger partial charge in [0.05, 0.1) is 24.3 Å². The largest absolute Gasteiger partial charge is 0.508 e. The number of aromatic hydroxyl groups is 1. The van der Waals surface area contributed by atoms with Gasteiger partial charge in [-0.2, -0.15) is 0 Å². The van der Waals surface area contributed by atoms with Crippen molar-refractivity contribution >= 4 is 5.91 Å². The second kappa shape index (κ2) is 4.81. The van der Waals surface area contributed by atoms with Crippen LogP contribution in [0.2, 0.25) is 0 Å². The Morgan fingerprint density at radius 3 is 3.05 bits per heavy atom. The normalized spacial score (nSPS) is 26.3. The molecule has 0 aromatic heterocycles. The van der Waals surface area contributed by atoms with Gasteiger partial charge in [0.15, 0.2) is 0 Å². The molecule has 1 N–H and O–H groups in total. The van der Waals surface area contributed by atoms with Crippen LogP contribution in [0.3, 0.4) is 0 Å². The second-order valence-electron chi connectivity index (χ2n) is 5.07. The van der Waals surface area contributed by atoms with Crippen molar-refractivity contribution in [2.75, 3.05) is 13.2 Å². The van der Waals surface area contributed by atoms with Crippen LogP contribution in [-0.2, 0) is 4.74 Å². The maximum atomic E-state index is 13.8. The van der Waals surface area contributed by atoms with Gasteiger partial charge in [-0.1, -0.05) is 0 Å². The third-order valence-electron chi connectivity index (χ3n) is 3.93. The van der Waals surface area contributed by atoms with Crippen LogP contribution in [0.15, 0.2) is 18.2 Å². The molecule has 1 aromatic carbocycles. The third-order valence-corrected chi connectivity index (χ3v) is 3.93. The summed E-state index contributed by atoms with van der Waals surface area (Å²) in [7, 11) is 0. The summed E-state index contributed by atoms with van der Waals surface area (Å²) in [4.78, 5) is 14.1. The zero-order valence-corrected chi connectivity index (χ0v) is 10.5. The predicted octanol–water partition coefficient (Wildman–Crippen LogP) is 1.92. The number of carbonyl (C=O) groups is 1. The lowest BCUT2D eigenvalue weighted by atomic mass is 10.1. The number of fused-ring (bicyclic) bond motifs is 1. The molecule has 2 atom stereocenters. The Bertz CT molecular complexity index is 505. The molecule has 1 aromatic rings. The lowest BCUT2D eigenvalue weighted by Crippen LogP contribution is -2.51. The first-order valence-corrected chi connectivity index (χ1v) is 6.58. The highest BCUT2D eigenvalue weighted by molar-refractivity contribution is 5.95. The van der Waals surface area contributed by atoms with E-state index in [0.717, 1.165) is 25.3 Å². The number of amides is 1. The van der Waals surface area contributed by atoms with Crippen LogP contribution >= 0.6 is 0 Å². The van der Waals surface area contributed by atoms with Crippen LogP contribution in [0.4, 0.5) is 4.39 Å². The third kappa shape index (κ3) is 2.18. The molecule has 4 nitrogen and oxygen atoms in total. The number of halogens is 1. The number of benzene rings is 1. The van der Waals surface area contributed by atoms with E-state index in [1.54, 1.807) is 4.90 Å². The highest BCUT2D eigenvalue weighted by Crippen LogP contribution is 2.31. The first kappa shape index (κ1) is 12.4. The molecular weight excluding hydrogens is 249 g/mol. The molecule has 1 aliphatic heterocycles.